The lowest BCUT2D eigenvalue weighted by Gasteiger charge is -2.12. The molecule has 43 heavy (non-hydrogen) atoms. The van der Waals surface area contributed by atoms with E-state index in [1.807, 2.05) is 0 Å². The Hall–Kier alpha value is -5.80. The Kier molecular flexibility index (Phi) is 5.20. The number of fused-ring (bicyclic) bond motifs is 9. The molecule has 0 aliphatic heterocycles. The van der Waals surface area contributed by atoms with Crippen molar-refractivity contribution in [3.05, 3.63) is 152 Å². The van der Waals surface area contributed by atoms with Crippen LogP contribution in [0.15, 0.2) is 152 Å². The van der Waals surface area contributed by atoms with Crippen LogP contribution in [0.25, 0.3) is 82.3 Å². The smallest absolute Gasteiger partial charge is 0.0971 e. The fourth-order valence-electron chi connectivity index (χ4n) is 6.69. The Labute approximate surface area is 248 Å². The van der Waals surface area contributed by atoms with Crippen molar-refractivity contribution in [1.82, 2.24) is 14.5 Å². The van der Waals surface area contributed by atoms with Gasteiger partial charge in [-0.25, -0.2) is 0 Å². The van der Waals surface area contributed by atoms with Gasteiger partial charge in [-0.2, -0.15) is 0 Å². The molecule has 0 aliphatic carbocycles. The number of hydrogen-bond acceptors (Lipinski definition) is 2. The summed E-state index contributed by atoms with van der Waals surface area (Å²) in [5, 5.41) is 7.17. The first-order valence-corrected chi connectivity index (χ1v) is 14.6. The highest BCUT2D eigenvalue weighted by Gasteiger charge is 2.14. The van der Waals surface area contributed by atoms with Gasteiger partial charge in [0.1, 0.15) is 0 Å². The van der Waals surface area contributed by atoms with E-state index in [-0.39, 0.29) is 0 Å². The van der Waals surface area contributed by atoms with Gasteiger partial charge in [-0.15, -0.1) is 0 Å². The van der Waals surface area contributed by atoms with Crippen LogP contribution in [0.1, 0.15) is 0 Å². The van der Waals surface area contributed by atoms with Crippen molar-refractivity contribution in [2.24, 2.45) is 0 Å². The molecule has 200 valence electrons. The molecule has 0 aliphatic rings. The summed E-state index contributed by atoms with van der Waals surface area (Å²) in [5.74, 6) is 0. The van der Waals surface area contributed by atoms with Crippen molar-refractivity contribution in [3.8, 4) is 27.9 Å². The minimum absolute atomic E-state index is 0.943. The lowest BCUT2D eigenvalue weighted by atomic mass is 9.94. The second kappa shape index (κ2) is 9.37. The topological polar surface area (TPSA) is 30.7 Å². The van der Waals surface area contributed by atoms with Crippen LogP contribution < -0.4 is 0 Å². The summed E-state index contributed by atoms with van der Waals surface area (Å²) < 4.78 is 2.37. The predicted octanol–water partition coefficient (Wildman–Crippen LogP) is 10.4. The molecule has 0 amide bonds. The minimum atomic E-state index is 0.943. The zero-order chi connectivity index (χ0) is 28.3. The second-order valence-corrected chi connectivity index (χ2v) is 11.1. The minimum Gasteiger partial charge on any atom is -0.309 e. The molecule has 0 unspecified atom stereocenters. The summed E-state index contributed by atoms with van der Waals surface area (Å²) >= 11 is 0. The van der Waals surface area contributed by atoms with E-state index in [0.717, 1.165) is 21.8 Å². The van der Waals surface area contributed by atoms with Gasteiger partial charge in [0, 0.05) is 39.6 Å². The number of aromatic nitrogens is 3. The standard InChI is InChI=1S/C40H25N3/c1-2-11-30(12-3-1)43-37-16-7-6-14-32(37)33-19-17-29(25-38(33)43)27-10-8-9-26(23-27)28-18-20-35-36(24-28)31-13-4-5-15-34(31)39-40(35)42-22-21-41-39/h1-25H. The maximum Gasteiger partial charge on any atom is 0.0971 e. The van der Waals surface area contributed by atoms with Gasteiger partial charge in [0.15, 0.2) is 0 Å². The monoisotopic (exact) mass is 547 g/mol. The normalized spacial score (nSPS) is 11.7. The van der Waals surface area contributed by atoms with Gasteiger partial charge in [0.2, 0.25) is 0 Å². The van der Waals surface area contributed by atoms with Crippen LogP contribution in [-0.4, -0.2) is 14.5 Å². The molecule has 3 nitrogen and oxygen atoms in total. The zero-order valence-electron chi connectivity index (χ0n) is 23.3. The molecular weight excluding hydrogens is 522 g/mol. The number of nitrogens with zero attached hydrogens (tertiary/aromatic N) is 3. The van der Waals surface area contributed by atoms with E-state index >= 15 is 0 Å². The van der Waals surface area contributed by atoms with E-state index in [2.05, 4.69) is 149 Å². The molecule has 0 spiro atoms. The van der Waals surface area contributed by atoms with Gasteiger partial charge in [0.05, 0.1) is 22.1 Å². The van der Waals surface area contributed by atoms with Gasteiger partial charge in [0.25, 0.3) is 0 Å². The fourth-order valence-corrected chi connectivity index (χ4v) is 6.69. The zero-order valence-corrected chi connectivity index (χ0v) is 23.3. The Morgan fingerprint density at radius 1 is 0.349 bits per heavy atom. The summed E-state index contributed by atoms with van der Waals surface area (Å²) in [6, 6.07) is 50.3. The van der Waals surface area contributed by atoms with Crippen LogP contribution >= 0.6 is 0 Å². The average Bonchev–Trinajstić information content (AvgIpc) is 3.42. The Balaban J connectivity index is 1.22. The molecule has 3 heteroatoms. The van der Waals surface area contributed by atoms with Crippen molar-refractivity contribution in [1.29, 1.82) is 0 Å². The van der Waals surface area contributed by atoms with Crippen LogP contribution in [0.3, 0.4) is 0 Å². The molecule has 9 aromatic rings. The first kappa shape index (κ1) is 23.9. The molecule has 2 heterocycles. The van der Waals surface area contributed by atoms with E-state index in [0.29, 0.717) is 0 Å². The molecule has 2 aromatic heterocycles. The summed E-state index contributed by atoms with van der Waals surface area (Å²) in [4.78, 5) is 9.40. The molecule has 9 rings (SSSR count). The van der Waals surface area contributed by atoms with Crippen LogP contribution in [0.4, 0.5) is 0 Å². The highest BCUT2D eigenvalue weighted by atomic mass is 15.0. The van der Waals surface area contributed by atoms with E-state index < -0.39 is 0 Å². The van der Waals surface area contributed by atoms with Crippen LogP contribution in [0, 0.1) is 0 Å². The summed E-state index contributed by atoms with van der Waals surface area (Å²) in [6.07, 6.45) is 3.55. The first-order valence-electron chi connectivity index (χ1n) is 14.6. The number of benzene rings is 7. The number of para-hydroxylation sites is 2. The average molecular weight is 548 g/mol. The maximum atomic E-state index is 4.72. The van der Waals surface area contributed by atoms with Crippen molar-refractivity contribution < 1.29 is 0 Å². The van der Waals surface area contributed by atoms with E-state index in [1.54, 1.807) is 12.4 Å². The highest BCUT2D eigenvalue weighted by Crippen LogP contribution is 2.38. The molecule has 0 saturated carbocycles. The van der Waals surface area contributed by atoms with Gasteiger partial charge in [-0.05, 0) is 69.4 Å². The third kappa shape index (κ3) is 3.68. The molecular formula is C40H25N3. The van der Waals surface area contributed by atoms with Crippen molar-refractivity contribution in [2.75, 3.05) is 0 Å². The van der Waals surface area contributed by atoms with Gasteiger partial charge >= 0.3 is 0 Å². The van der Waals surface area contributed by atoms with Crippen molar-refractivity contribution in [3.63, 3.8) is 0 Å². The molecule has 7 aromatic carbocycles. The van der Waals surface area contributed by atoms with Gasteiger partial charge < -0.3 is 4.57 Å². The van der Waals surface area contributed by atoms with E-state index in [4.69, 9.17) is 4.98 Å². The lowest BCUT2D eigenvalue weighted by Crippen LogP contribution is -1.93. The van der Waals surface area contributed by atoms with Gasteiger partial charge in [-0.3, -0.25) is 9.97 Å². The third-order valence-corrected chi connectivity index (χ3v) is 8.66. The quantitative estimate of drug-likeness (QED) is 0.206. The summed E-state index contributed by atoms with van der Waals surface area (Å²) in [5.41, 5.74) is 10.2. The number of hydrogen-bond donors (Lipinski definition) is 0. The van der Waals surface area contributed by atoms with Crippen LogP contribution in [0.2, 0.25) is 0 Å². The summed E-state index contributed by atoms with van der Waals surface area (Å²) in [6.45, 7) is 0. The number of rotatable bonds is 3. The van der Waals surface area contributed by atoms with Crippen LogP contribution in [0.5, 0.6) is 0 Å². The fraction of sp³-hybridized carbons (Fsp3) is 0. The largest absolute Gasteiger partial charge is 0.309 e. The molecule has 0 N–H and O–H groups in total. The maximum absolute atomic E-state index is 4.72. The van der Waals surface area contributed by atoms with Crippen LogP contribution in [-0.2, 0) is 0 Å². The second-order valence-electron chi connectivity index (χ2n) is 11.1. The molecule has 0 radical (unpaired) electrons. The first-order chi connectivity index (χ1) is 21.3. The molecule has 0 bridgehead atoms. The van der Waals surface area contributed by atoms with Crippen molar-refractivity contribution >= 4 is 54.4 Å². The Morgan fingerprint density at radius 2 is 0.907 bits per heavy atom. The van der Waals surface area contributed by atoms with Crippen molar-refractivity contribution in [2.45, 2.75) is 0 Å². The SMILES string of the molecule is c1ccc(-n2c3ccccc3c3ccc(-c4cccc(-c5ccc6c(c5)c5ccccc5c5nccnc65)c4)cc32)cc1. The van der Waals surface area contributed by atoms with Gasteiger partial charge in [-0.1, -0.05) is 103 Å². The molecule has 0 saturated heterocycles. The molecule has 0 atom stereocenters. The highest BCUT2D eigenvalue weighted by molar-refractivity contribution is 6.23. The van der Waals surface area contributed by atoms with E-state index in [1.165, 1.54) is 60.5 Å². The third-order valence-electron chi connectivity index (χ3n) is 8.66. The molecule has 0 fully saturated rings. The Morgan fingerprint density at radius 3 is 1.67 bits per heavy atom. The van der Waals surface area contributed by atoms with E-state index in [9.17, 15) is 0 Å². The summed E-state index contributed by atoms with van der Waals surface area (Å²) in [7, 11) is 0. The Bertz CT molecular complexity index is 2470. The predicted molar refractivity (Wildman–Crippen MR) is 180 cm³/mol. The lowest BCUT2D eigenvalue weighted by molar-refractivity contribution is 1.18.